The lowest BCUT2D eigenvalue weighted by Crippen LogP contribution is -2.42. The van der Waals surface area contributed by atoms with E-state index in [1.165, 1.54) is 11.0 Å². The number of carbonyl (C=O) groups excluding carboxylic acids is 2. The molecular weight excluding hydrogens is 394 g/mol. The third-order valence-corrected chi connectivity index (χ3v) is 6.70. The summed E-state index contributed by atoms with van der Waals surface area (Å²) in [6.07, 6.45) is 0.355. The fourth-order valence-corrected chi connectivity index (χ4v) is 5.06. The van der Waals surface area contributed by atoms with Crippen LogP contribution in [0.25, 0.3) is 0 Å². The van der Waals surface area contributed by atoms with Gasteiger partial charge in [0, 0.05) is 12.6 Å². The Morgan fingerprint density at radius 1 is 1.14 bits per heavy atom. The van der Waals surface area contributed by atoms with Crippen LogP contribution in [0.4, 0.5) is 0 Å². The molecule has 2 aromatic rings. The molecule has 1 heterocycles. The van der Waals surface area contributed by atoms with Gasteiger partial charge in [-0.25, -0.2) is 13.2 Å². The summed E-state index contributed by atoms with van der Waals surface area (Å²) in [4.78, 5) is 26.6. The number of para-hydroxylation sites is 1. The second kappa shape index (κ2) is 8.65. The van der Waals surface area contributed by atoms with Gasteiger partial charge in [0.25, 0.3) is 5.91 Å². The van der Waals surface area contributed by atoms with Crippen molar-refractivity contribution < 1.29 is 27.9 Å². The summed E-state index contributed by atoms with van der Waals surface area (Å²) in [5.41, 5.74) is 1.36. The predicted octanol–water partition coefficient (Wildman–Crippen LogP) is 2.07. The molecule has 1 N–H and O–H groups in total. The first kappa shape index (κ1) is 20.9. The van der Waals surface area contributed by atoms with E-state index in [1.54, 1.807) is 19.1 Å². The van der Waals surface area contributed by atoms with Gasteiger partial charge in [-0.3, -0.25) is 4.79 Å². The summed E-state index contributed by atoms with van der Waals surface area (Å²) < 4.78 is 28.9. The Kier molecular flexibility index (Phi) is 6.22. The van der Waals surface area contributed by atoms with Crippen LogP contribution in [0.2, 0.25) is 0 Å². The molecule has 2 aromatic carbocycles. The average Bonchev–Trinajstić information content (AvgIpc) is 3.06. The Morgan fingerprint density at radius 2 is 1.86 bits per heavy atom. The third kappa shape index (κ3) is 5.14. The average molecular weight is 417 g/mol. The Morgan fingerprint density at radius 3 is 2.52 bits per heavy atom. The van der Waals surface area contributed by atoms with Crippen LogP contribution in [0.1, 0.15) is 27.9 Å². The van der Waals surface area contributed by atoms with Crippen LogP contribution >= 0.6 is 0 Å². The van der Waals surface area contributed by atoms with Crippen LogP contribution in [0.15, 0.2) is 48.5 Å². The molecule has 8 heteroatoms. The lowest BCUT2D eigenvalue weighted by molar-refractivity contribution is -0.137. The van der Waals surface area contributed by atoms with Gasteiger partial charge in [0.1, 0.15) is 11.3 Å². The quantitative estimate of drug-likeness (QED) is 0.722. The summed E-state index contributed by atoms with van der Waals surface area (Å²) in [5, 5.41) is 10.0. The smallest absolute Gasteiger partial charge is 0.342 e. The van der Waals surface area contributed by atoms with Crippen LogP contribution < -0.4 is 0 Å². The molecule has 1 aliphatic rings. The van der Waals surface area contributed by atoms with E-state index >= 15 is 0 Å². The molecule has 29 heavy (non-hydrogen) atoms. The number of nitrogens with zero attached hydrogens (tertiary/aromatic N) is 1. The van der Waals surface area contributed by atoms with Crippen molar-refractivity contribution in [3.05, 3.63) is 65.2 Å². The predicted molar refractivity (Wildman–Crippen MR) is 107 cm³/mol. The van der Waals surface area contributed by atoms with Gasteiger partial charge in [-0.05, 0) is 30.5 Å². The molecule has 0 spiro atoms. The molecule has 154 valence electrons. The SMILES string of the molecule is Cc1cccc(C(=O)OCC(=O)N(Cc2ccccc2)[C@H]2CCS(=O)(=O)C2)c1O. The van der Waals surface area contributed by atoms with E-state index in [-0.39, 0.29) is 29.4 Å². The van der Waals surface area contributed by atoms with Crippen LogP contribution in [0.3, 0.4) is 0 Å². The van der Waals surface area contributed by atoms with Crippen LogP contribution in [0.5, 0.6) is 5.75 Å². The fraction of sp³-hybridized carbons (Fsp3) is 0.333. The third-order valence-electron chi connectivity index (χ3n) is 4.95. The van der Waals surface area contributed by atoms with Crippen molar-refractivity contribution in [2.24, 2.45) is 0 Å². The number of amides is 1. The molecular formula is C21H23NO6S. The standard InChI is InChI=1S/C21H23NO6S/c1-15-6-5-9-18(20(15)24)21(25)28-13-19(23)22(12-16-7-3-2-4-8-16)17-10-11-29(26,27)14-17/h2-9,17,24H,10-14H2,1H3/t17-/m0/s1. The second-order valence-corrected chi connectivity index (χ2v) is 9.34. The van der Waals surface area contributed by atoms with E-state index in [4.69, 9.17) is 4.74 Å². The highest BCUT2D eigenvalue weighted by Crippen LogP contribution is 2.23. The van der Waals surface area contributed by atoms with Gasteiger partial charge >= 0.3 is 5.97 Å². The van der Waals surface area contributed by atoms with Crippen molar-refractivity contribution in [2.45, 2.75) is 25.9 Å². The molecule has 1 aliphatic heterocycles. The molecule has 3 rings (SSSR count). The normalized spacial score (nSPS) is 17.6. The Labute approximate surface area is 169 Å². The number of phenolic OH excluding ortho intramolecular Hbond substituents is 1. The number of aromatic hydroxyl groups is 1. The number of sulfone groups is 1. The Bertz CT molecular complexity index is 1000. The van der Waals surface area contributed by atoms with E-state index < -0.39 is 34.4 Å². The molecule has 0 bridgehead atoms. The largest absolute Gasteiger partial charge is 0.507 e. The van der Waals surface area contributed by atoms with E-state index in [2.05, 4.69) is 0 Å². The highest BCUT2D eigenvalue weighted by molar-refractivity contribution is 7.91. The monoisotopic (exact) mass is 417 g/mol. The number of phenols is 1. The van der Waals surface area contributed by atoms with Gasteiger partial charge in [-0.15, -0.1) is 0 Å². The van der Waals surface area contributed by atoms with E-state index in [9.17, 15) is 23.1 Å². The molecule has 1 fully saturated rings. The maximum Gasteiger partial charge on any atom is 0.342 e. The lowest BCUT2D eigenvalue weighted by atomic mass is 10.1. The maximum absolute atomic E-state index is 12.8. The zero-order valence-corrected chi connectivity index (χ0v) is 16.9. The fourth-order valence-electron chi connectivity index (χ4n) is 3.33. The van der Waals surface area contributed by atoms with Gasteiger partial charge in [0.2, 0.25) is 0 Å². The van der Waals surface area contributed by atoms with Crippen molar-refractivity contribution in [1.82, 2.24) is 4.90 Å². The van der Waals surface area contributed by atoms with Gasteiger partial charge in [0.15, 0.2) is 16.4 Å². The van der Waals surface area contributed by atoms with Crippen LogP contribution in [-0.4, -0.2) is 54.5 Å². The first-order chi connectivity index (χ1) is 13.8. The summed E-state index contributed by atoms with van der Waals surface area (Å²) in [5.74, 6) is -1.53. The van der Waals surface area contributed by atoms with Gasteiger partial charge in [0.05, 0.1) is 11.5 Å². The second-order valence-electron chi connectivity index (χ2n) is 7.11. The van der Waals surface area contributed by atoms with Crippen molar-refractivity contribution in [1.29, 1.82) is 0 Å². The molecule has 0 aliphatic carbocycles. The highest BCUT2D eigenvalue weighted by Gasteiger charge is 2.35. The molecule has 1 amide bonds. The number of esters is 1. The molecule has 0 radical (unpaired) electrons. The van der Waals surface area contributed by atoms with Crippen molar-refractivity contribution in [3.63, 3.8) is 0 Å². The van der Waals surface area contributed by atoms with Crippen molar-refractivity contribution >= 4 is 21.7 Å². The molecule has 0 saturated carbocycles. The highest BCUT2D eigenvalue weighted by atomic mass is 32.2. The molecule has 7 nitrogen and oxygen atoms in total. The first-order valence-corrected chi connectivity index (χ1v) is 11.1. The minimum absolute atomic E-state index is 0.0177. The number of carbonyl (C=O) groups is 2. The maximum atomic E-state index is 12.8. The van der Waals surface area contributed by atoms with E-state index in [1.807, 2.05) is 30.3 Å². The molecule has 0 unspecified atom stereocenters. The number of benzene rings is 2. The van der Waals surface area contributed by atoms with E-state index in [0.29, 0.717) is 12.0 Å². The number of aryl methyl sites for hydroxylation is 1. The number of rotatable bonds is 6. The van der Waals surface area contributed by atoms with Gasteiger partial charge in [-0.2, -0.15) is 0 Å². The Hall–Kier alpha value is -2.87. The summed E-state index contributed by atoms with van der Waals surface area (Å²) in [6, 6.07) is 13.4. The molecule has 1 saturated heterocycles. The van der Waals surface area contributed by atoms with Crippen molar-refractivity contribution in [2.75, 3.05) is 18.1 Å². The topological polar surface area (TPSA) is 101 Å². The molecule has 0 aromatic heterocycles. The Balaban J connectivity index is 1.72. The van der Waals surface area contributed by atoms with Gasteiger partial charge in [-0.1, -0.05) is 42.5 Å². The summed E-state index contributed by atoms with van der Waals surface area (Å²) in [6.45, 7) is 1.35. The number of hydrogen-bond acceptors (Lipinski definition) is 6. The summed E-state index contributed by atoms with van der Waals surface area (Å²) in [7, 11) is -3.19. The number of hydrogen-bond donors (Lipinski definition) is 1. The lowest BCUT2D eigenvalue weighted by Gasteiger charge is -2.28. The minimum Gasteiger partial charge on any atom is -0.507 e. The van der Waals surface area contributed by atoms with Crippen LogP contribution in [0, 0.1) is 6.92 Å². The zero-order chi connectivity index (χ0) is 21.0. The number of ether oxygens (including phenoxy) is 1. The zero-order valence-electron chi connectivity index (χ0n) is 16.1. The van der Waals surface area contributed by atoms with Gasteiger partial charge < -0.3 is 14.7 Å². The summed E-state index contributed by atoms with van der Waals surface area (Å²) >= 11 is 0. The minimum atomic E-state index is -3.19. The molecule has 1 atom stereocenters. The van der Waals surface area contributed by atoms with Crippen molar-refractivity contribution in [3.8, 4) is 5.75 Å². The first-order valence-electron chi connectivity index (χ1n) is 9.26. The van der Waals surface area contributed by atoms with E-state index in [0.717, 1.165) is 5.56 Å². The van der Waals surface area contributed by atoms with Crippen LogP contribution in [-0.2, 0) is 25.9 Å².